The van der Waals surface area contributed by atoms with E-state index in [0.29, 0.717) is 16.3 Å². The van der Waals surface area contributed by atoms with Gasteiger partial charge in [0.2, 0.25) is 0 Å². The van der Waals surface area contributed by atoms with Gasteiger partial charge >= 0.3 is 0 Å². The maximum absolute atomic E-state index is 13.1. The summed E-state index contributed by atoms with van der Waals surface area (Å²) >= 11 is 6.12. The molecule has 0 aliphatic rings. The first kappa shape index (κ1) is 16.0. The van der Waals surface area contributed by atoms with Gasteiger partial charge in [-0.05, 0) is 41.5 Å². The molecule has 1 amide bonds. The molecule has 2 rings (SSSR count). The lowest BCUT2D eigenvalue weighted by Gasteiger charge is -2.09. The van der Waals surface area contributed by atoms with Crippen molar-refractivity contribution >= 4 is 23.6 Å². The number of nitrogens with one attached hydrogen (secondary N) is 1. The predicted octanol–water partition coefficient (Wildman–Crippen LogP) is 3.06. The largest absolute Gasteiger partial charge is 0.487 e. The lowest BCUT2D eigenvalue weighted by Crippen LogP contribution is -2.27. The zero-order valence-electron chi connectivity index (χ0n) is 11.6. The van der Waals surface area contributed by atoms with E-state index in [1.165, 1.54) is 18.2 Å². The van der Waals surface area contributed by atoms with Gasteiger partial charge in [0.15, 0.2) is 0 Å². The molecule has 0 spiro atoms. The number of carbonyl (C=O) groups is 1. The molecule has 0 atom stereocenters. The molecule has 0 saturated heterocycles. The molecule has 0 heterocycles. The molecule has 4 nitrogen and oxygen atoms in total. The van der Waals surface area contributed by atoms with E-state index in [4.69, 9.17) is 22.2 Å². The Kier molecular flexibility index (Phi) is 5.52. The summed E-state index contributed by atoms with van der Waals surface area (Å²) in [5.74, 6) is 4.72. The molecule has 2 aromatic rings. The van der Waals surface area contributed by atoms with Gasteiger partial charge in [-0.1, -0.05) is 29.8 Å². The second-order valence-corrected chi connectivity index (χ2v) is 4.86. The monoisotopic (exact) mass is 320 g/mol. The zero-order chi connectivity index (χ0) is 15.9. The maximum atomic E-state index is 13.1. The molecule has 0 aliphatic carbocycles. The van der Waals surface area contributed by atoms with Crippen LogP contribution in [0.2, 0.25) is 5.02 Å². The van der Waals surface area contributed by atoms with E-state index in [0.717, 1.165) is 5.56 Å². The van der Waals surface area contributed by atoms with Gasteiger partial charge in [-0.15, -0.1) is 0 Å². The molecule has 0 saturated carbocycles. The van der Waals surface area contributed by atoms with E-state index in [9.17, 15) is 9.18 Å². The van der Waals surface area contributed by atoms with Crippen LogP contribution >= 0.6 is 11.6 Å². The number of hydrazine groups is 1. The molecular weight excluding hydrogens is 307 g/mol. The molecule has 2 aromatic carbocycles. The lowest BCUT2D eigenvalue weighted by molar-refractivity contribution is -0.116. The highest BCUT2D eigenvalue weighted by atomic mass is 35.5. The van der Waals surface area contributed by atoms with Crippen molar-refractivity contribution in [3.63, 3.8) is 0 Å². The number of hydrogen-bond donors (Lipinski definition) is 2. The Hall–Kier alpha value is -2.37. The third-order valence-electron chi connectivity index (χ3n) is 2.81. The predicted molar refractivity (Wildman–Crippen MR) is 83.5 cm³/mol. The van der Waals surface area contributed by atoms with Gasteiger partial charge in [0.05, 0.1) is 5.02 Å². The molecule has 6 heteroatoms. The first-order valence-electron chi connectivity index (χ1n) is 6.44. The highest BCUT2D eigenvalue weighted by Gasteiger charge is 2.03. The van der Waals surface area contributed by atoms with Crippen molar-refractivity contribution in [1.29, 1.82) is 0 Å². The molecule has 0 fully saturated rings. The Labute approximate surface area is 132 Å². The van der Waals surface area contributed by atoms with E-state index in [-0.39, 0.29) is 12.4 Å². The van der Waals surface area contributed by atoms with Crippen LogP contribution in [0.5, 0.6) is 5.75 Å². The van der Waals surface area contributed by atoms with Crippen LogP contribution in [0.3, 0.4) is 0 Å². The van der Waals surface area contributed by atoms with Crippen molar-refractivity contribution in [3.8, 4) is 5.75 Å². The quantitative estimate of drug-likeness (QED) is 0.385. The van der Waals surface area contributed by atoms with Crippen molar-refractivity contribution in [2.24, 2.45) is 5.84 Å². The molecule has 3 N–H and O–H groups in total. The Morgan fingerprint density at radius 2 is 2.14 bits per heavy atom. The summed E-state index contributed by atoms with van der Waals surface area (Å²) in [4.78, 5) is 11.0. The van der Waals surface area contributed by atoms with E-state index in [1.54, 1.807) is 36.4 Å². The highest BCUT2D eigenvalue weighted by molar-refractivity contribution is 6.32. The normalized spacial score (nSPS) is 10.7. The van der Waals surface area contributed by atoms with Gasteiger partial charge in [-0.3, -0.25) is 10.2 Å². The minimum atomic E-state index is -0.414. The van der Waals surface area contributed by atoms with Crippen LogP contribution in [-0.2, 0) is 11.4 Å². The van der Waals surface area contributed by atoms with Crippen molar-refractivity contribution in [2.45, 2.75) is 6.61 Å². The van der Waals surface area contributed by atoms with Crippen LogP contribution in [-0.4, -0.2) is 5.91 Å². The number of benzene rings is 2. The molecule has 0 aliphatic heterocycles. The number of amides is 1. The topological polar surface area (TPSA) is 64.3 Å². The fraction of sp³-hybridized carbons (Fsp3) is 0.0625. The summed E-state index contributed by atoms with van der Waals surface area (Å²) in [6.07, 6.45) is 2.86. The fourth-order valence-corrected chi connectivity index (χ4v) is 1.99. The first-order valence-corrected chi connectivity index (χ1v) is 6.82. The number of carbonyl (C=O) groups excluding carboxylic acids is 1. The zero-order valence-corrected chi connectivity index (χ0v) is 12.3. The first-order chi connectivity index (χ1) is 10.6. The molecule has 0 bridgehead atoms. The molecule has 0 unspecified atom stereocenters. The van der Waals surface area contributed by atoms with Crippen molar-refractivity contribution in [2.75, 3.05) is 0 Å². The summed E-state index contributed by atoms with van der Waals surface area (Å²) in [6, 6.07) is 11.2. The van der Waals surface area contributed by atoms with Crippen LogP contribution in [0.25, 0.3) is 6.08 Å². The number of nitrogens with two attached hydrogens (primary N) is 1. The van der Waals surface area contributed by atoms with Crippen LogP contribution in [0.4, 0.5) is 4.39 Å². The molecule has 114 valence electrons. The van der Waals surface area contributed by atoms with E-state index in [2.05, 4.69) is 0 Å². The third-order valence-corrected chi connectivity index (χ3v) is 3.10. The van der Waals surface area contributed by atoms with Gasteiger partial charge in [-0.2, -0.15) is 0 Å². The standard InChI is InChI=1S/C16H14ClFN2O2/c17-14-9-11(5-7-16(21)20-19)4-6-15(14)22-10-12-2-1-3-13(18)8-12/h1-9H,10,19H2,(H,20,21)/b7-5+. The number of halogens is 2. The SMILES string of the molecule is NNC(=O)/C=C/c1ccc(OCc2cccc(F)c2)c(Cl)c1. The molecular formula is C16H14ClFN2O2. The van der Waals surface area contributed by atoms with Crippen molar-refractivity contribution in [3.05, 3.63) is 70.5 Å². The highest BCUT2D eigenvalue weighted by Crippen LogP contribution is 2.26. The Morgan fingerprint density at radius 1 is 1.32 bits per heavy atom. The Morgan fingerprint density at radius 3 is 2.82 bits per heavy atom. The van der Waals surface area contributed by atoms with E-state index in [1.807, 2.05) is 5.43 Å². The van der Waals surface area contributed by atoms with Crippen molar-refractivity contribution in [1.82, 2.24) is 5.43 Å². The minimum Gasteiger partial charge on any atom is -0.487 e. The van der Waals surface area contributed by atoms with Crippen LogP contribution in [0.15, 0.2) is 48.5 Å². The summed E-state index contributed by atoms with van der Waals surface area (Å²) in [5.41, 5.74) is 3.43. The number of ether oxygens (including phenoxy) is 1. The minimum absolute atomic E-state index is 0.211. The average Bonchev–Trinajstić information content (AvgIpc) is 2.51. The fourth-order valence-electron chi connectivity index (χ4n) is 1.75. The smallest absolute Gasteiger partial charge is 0.257 e. The van der Waals surface area contributed by atoms with Crippen LogP contribution in [0, 0.1) is 5.82 Å². The van der Waals surface area contributed by atoms with Gasteiger partial charge in [0, 0.05) is 6.08 Å². The number of hydrogen-bond acceptors (Lipinski definition) is 3. The summed E-state index contributed by atoms with van der Waals surface area (Å²) in [5, 5.41) is 0.395. The van der Waals surface area contributed by atoms with E-state index < -0.39 is 5.91 Å². The van der Waals surface area contributed by atoms with Gasteiger partial charge < -0.3 is 4.74 Å². The summed E-state index contributed by atoms with van der Waals surface area (Å²) in [7, 11) is 0. The molecule has 22 heavy (non-hydrogen) atoms. The molecule has 0 aromatic heterocycles. The van der Waals surface area contributed by atoms with Gasteiger partial charge in [-0.25, -0.2) is 10.2 Å². The Bertz CT molecular complexity index is 704. The lowest BCUT2D eigenvalue weighted by atomic mass is 10.2. The van der Waals surface area contributed by atoms with Crippen LogP contribution < -0.4 is 16.0 Å². The summed E-state index contributed by atoms with van der Waals surface area (Å²) in [6.45, 7) is 0.211. The second-order valence-electron chi connectivity index (χ2n) is 4.45. The number of rotatable bonds is 5. The Balaban J connectivity index is 2.03. The van der Waals surface area contributed by atoms with E-state index >= 15 is 0 Å². The maximum Gasteiger partial charge on any atom is 0.257 e. The van der Waals surface area contributed by atoms with Crippen LogP contribution in [0.1, 0.15) is 11.1 Å². The molecule has 0 radical (unpaired) electrons. The van der Waals surface area contributed by atoms with Gasteiger partial charge in [0.25, 0.3) is 5.91 Å². The second kappa shape index (κ2) is 7.59. The van der Waals surface area contributed by atoms with Crippen molar-refractivity contribution < 1.29 is 13.9 Å². The average molecular weight is 321 g/mol. The summed E-state index contributed by atoms with van der Waals surface area (Å²) < 4.78 is 18.6. The van der Waals surface area contributed by atoms with Gasteiger partial charge in [0.1, 0.15) is 18.2 Å². The third kappa shape index (κ3) is 4.58.